The Morgan fingerprint density at radius 1 is 1.24 bits per heavy atom. The van der Waals surface area contributed by atoms with E-state index in [1.165, 1.54) is 35.9 Å². The monoisotopic (exact) mass is 365 g/mol. The van der Waals surface area contributed by atoms with Crippen molar-refractivity contribution >= 4 is 33.2 Å². The Labute approximate surface area is 145 Å². The molecule has 4 N–H and O–H groups in total. The number of hydrogen-bond acceptors (Lipinski definition) is 5. The highest BCUT2D eigenvalue weighted by Crippen LogP contribution is 2.24. The van der Waals surface area contributed by atoms with Crippen molar-refractivity contribution in [2.45, 2.75) is 32.2 Å². The molecule has 0 spiro atoms. The Morgan fingerprint density at radius 2 is 1.84 bits per heavy atom. The number of aryl methyl sites for hydroxylation is 2. The number of carbonyl (C=O) groups is 2. The van der Waals surface area contributed by atoms with E-state index in [1.807, 2.05) is 0 Å². The fourth-order valence-corrected chi connectivity index (χ4v) is 3.42. The molecule has 1 heterocycles. The van der Waals surface area contributed by atoms with Crippen molar-refractivity contribution in [1.82, 2.24) is 9.78 Å². The van der Waals surface area contributed by atoms with Crippen molar-refractivity contribution < 1.29 is 18.0 Å². The van der Waals surface area contributed by atoms with Gasteiger partial charge in [0.15, 0.2) is 0 Å². The number of nitrogens with zero attached hydrogens (tertiary/aromatic N) is 2. The van der Waals surface area contributed by atoms with Crippen LogP contribution in [0.15, 0.2) is 29.2 Å². The highest BCUT2D eigenvalue weighted by atomic mass is 32.2. The number of sulfonamides is 1. The van der Waals surface area contributed by atoms with Crippen LogP contribution in [-0.4, -0.2) is 30.0 Å². The summed E-state index contributed by atoms with van der Waals surface area (Å²) < 4.78 is 28.9. The van der Waals surface area contributed by atoms with E-state index in [0.717, 1.165) is 0 Å². The Morgan fingerprint density at radius 3 is 2.32 bits per heavy atom. The molecule has 0 atom stereocenters. The zero-order valence-electron chi connectivity index (χ0n) is 14.0. The predicted molar refractivity (Wildman–Crippen MR) is 92.7 cm³/mol. The van der Waals surface area contributed by atoms with Crippen LogP contribution in [0.5, 0.6) is 0 Å². The summed E-state index contributed by atoms with van der Waals surface area (Å²) in [4.78, 5) is 22.7. The average Bonchev–Trinajstić information content (AvgIpc) is 2.83. The van der Waals surface area contributed by atoms with Gasteiger partial charge in [-0.1, -0.05) is 0 Å². The molecule has 25 heavy (non-hydrogen) atoms. The number of nitrogens with two attached hydrogens (primary N) is 1. The quantitative estimate of drug-likeness (QED) is 0.703. The van der Waals surface area contributed by atoms with Crippen LogP contribution >= 0.6 is 0 Å². The van der Waals surface area contributed by atoms with E-state index in [-0.39, 0.29) is 22.2 Å². The molecule has 1 aromatic heterocycles. The van der Waals surface area contributed by atoms with Gasteiger partial charge in [0, 0.05) is 19.2 Å². The van der Waals surface area contributed by atoms with Crippen molar-refractivity contribution in [3.63, 3.8) is 0 Å². The molecule has 0 unspecified atom stereocenters. The Hall–Kier alpha value is -2.88. The van der Waals surface area contributed by atoms with Gasteiger partial charge in [-0.2, -0.15) is 5.10 Å². The average molecular weight is 365 g/mol. The van der Waals surface area contributed by atoms with Gasteiger partial charge >= 0.3 is 0 Å². The van der Waals surface area contributed by atoms with Gasteiger partial charge in [0.25, 0.3) is 15.9 Å². The Bertz CT molecular complexity index is 916. The Kier molecular flexibility index (Phi) is 5.12. The summed E-state index contributed by atoms with van der Waals surface area (Å²) in [6.45, 7) is 5.06. The smallest absolute Gasteiger partial charge is 0.269 e. The molecule has 134 valence electrons. The van der Waals surface area contributed by atoms with Crippen molar-refractivity contribution in [3.8, 4) is 0 Å². The van der Waals surface area contributed by atoms with Gasteiger partial charge < -0.3 is 11.1 Å². The number of rotatable bonds is 6. The molecular formula is C15H19N5O4S. The number of anilines is 2. The van der Waals surface area contributed by atoms with Gasteiger partial charge in [-0.05, 0) is 38.1 Å². The number of benzene rings is 1. The number of hydrogen-bond donors (Lipinski definition) is 3. The van der Waals surface area contributed by atoms with Crippen LogP contribution in [0.25, 0.3) is 0 Å². The maximum Gasteiger partial charge on any atom is 0.269 e. The number of primary amides is 1. The van der Waals surface area contributed by atoms with Crippen LogP contribution in [0, 0.1) is 6.92 Å². The molecule has 2 aromatic rings. The first-order chi connectivity index (χ1) is 11.7. The van der Waals surface area contributed by atoms with Crippen molar-refractivity contribution in [3.05, 3.63) is 35.7 Å². The summed E-state index contributed by atoms with van der Waals surface area (Å²) in [7, 11) is -3.96. The molecule has 0 bridgehead atoms. The van der Waals surface area contributed by atoms with E-state index in [1.54, 1.807) is 13.8 Å². The van der Waals surface area contributed by atoms with Crippen molar-refractivity contribution in [2.24, 2.45) is 5.73 Å². The summed E-state index contributed by atoms with van der Waals surface area (Å²) >= 11 is 0. The maximum atomic E-state index is 12.6. The van der Waals surface area contributed by atoms with Crippen LogP contribution < -0.4 is 15.8 Å². The predicted octanol–water partition coefficient (Wildman–Crippen LogP) is 1.07. The third kappa shape index (κ3) is 3.97. The van der Waals surface area contributed by atoms with Gasteiger partial charge in [0.2, 0.25) is 5.91 Å². The summed E-state index contributed by atoms with van der Waals surface area (Å²) in [5.74, 6) is -1.04. The molecule has 2 rings (SSSR count). The fraction of sp³-hybridized carbons (Fsp3) is 0.267. The van der Waals surface area contributed by atoms with Crippen LogP contribution in [0.1, 0.15) is 30.0 Å². The molecule has 0 fully saturated rings. The van der Waals surface area contributed by atoms with E-state index >= 15 is 0 Å². The lowest BCUT2D eigenvalue weighted by atomic mass is 10.3. The lowest BCUT2D eigenvalue weighted by Crippen LogP contribution is -2.21. The molecule has 2 amide bonds. The maximum absolute atomic E-state index is 12.6. The van der Waals surface area contributed by atoms with Crippen LogP contribution in [-0.2, 0) is 21.4 Å². The summed E-state index contributed by atoms with van der Waals surface area (Å²) in [5, 5.41) is 6.66. The molecule has 0 aliphatic carbocycles. The highest BCUT2D eigenvalue weighted by molar-refractivity contribution is 7.92. The third-order valence-electron chi connectivity index (χ3n) is 3.38. The molecule has 0 aliphatic rings. The summed E-state index contributed by atoms with van der Waals surface area (Å²) in [6.07, 6.45) is 0. The first-order valence-electron chi connectivity index (χ1n) is 7.43. The second-order valence-corrected chi connectivity index (χ2v) is 6.98. The topological polar surface area (TPSA) is 136 Å². The largest absolute Gasteiger partial charge is 0.364 e. The summed E-state index contributed by atoms with van der Waals surface area (Å²) in [6, 6.07) is 5.62. The lowest BCUT2D eigenvalue weighted by Gasteiger charge is -2.10. The molecule has 0 radical (unpaired) electrons. The zero-order valence-corrected chi connectivity index (χ0v) is 14.8. The van der Waals surface area contributed by atoms with Crippen LogP contribution in [0.4, 0.5) is 11.4 Å². The number of aromatic nitrogens is 2. The first kappa shape index (κ1) is 18.5. The third-order valence-corrected chi connectivity index (χ3v) is 4.75. The molecule has 9 nitrogen and oxygen atoms in total. The minimum atomic E-state index is -3.96. The van der Waals surface area contributed by atoms with Gasteiger partial charge in [-0.25, -0.2) is 8.42 Å². The standard InChI is InChI=1S/C15H19N5O4S/c1-4-20-14(15(16)22)13(9(2)18-20)19-25(23,24)12-7-5-11(6-8-12)17-10(3)21/h5-8,19H,4H2,1-3H3,(H2,16,22)(H,17,21). The van der Waals surface area contributed by atoms with E-state index < -0.39 is 15.9 Å². The van der Waals surface area contributed by atoms with Gasteiger partial charge in [0.05, 0.1) is 10.6 Å². The van der Waals surface area contributed by atoms with Crippen molar-refractivity contribution in [2.75, 3.05) is 10.0 Å². The number of carbonyl (C=O) groups excluding carboxylic acids is 2. The van der Waals surface area contributed by atoms with Gasteiger partial charge in [0.1, 0.15) is 11.4 Å². The highest BCUT2D eigenvalue weighted by Gasteiger charge is 2.24. The van der Waals surface area contributed by atoms with E-state index in [2.05, 4.69) is 15.1 Å². The summed E-state index contributed by atoms with van der Waals surface area (Å²) in [5.41, 5.74) is 6.22. The normalized spacial score (nSPS) is 11.2. The van der Waals surface area contributed by atoms with E-state index in [4.69, 9.17) is 5.73 Å². The first-order valence-corrected chi connectivity index (χ1v) is 8.91. The van der Waals surface area contributed by atoms with Crippen LogP contribution in [0.2, 0.25) is 0 Å². The Balaban J connectivity index is 2.38. The number of amides is 2. The van der Waals surface area contributed by atoms with Gasteiger partial charge in [-0.15, -0.1) is 0 Å². The number of nitrogens with one attached hydrogen (secondary N) is 2. The van der Waals surface area contributed by atoms with E-state index in [0.29, 0.717) is 17.9 Å². The second kappa shape index (κ2) is 6.93. The molecule has 10 heteroatoms. The minimum Gasteiger partial charge on any atom is -0.364 e. The minimum absolute atomic E-state index is 0.00144. The van der Waals surface area contributed by atoms with E-state index in [9.17, 15) is 18.0 Å². The van der Waals surface area contributed by atoms with Crippen LogP contribution in [0.3, 0.4) is 0 Å². The van der Waals surface area contributed by atoms with Gasteiger partial charge in [-0.3, -0.25) is 19.0 Å². The molecule has 0 saturated carbocycles. The fourth-order valence-electron chi connectivity index (χ4n) is 2.30. The molecular weight excluding hydrogens is 346 g/mol. The van der Waals surface area contributed by atoms with Crippen molar-refractivity contribution in [1.29, 1.82) is 0 Å². The zero-order chi connectivity index (χ0) is 18.8. The molecule has 0 saturated heterocycles. The second-order valence-electron chi connectivity index (χ2n) is 5.30. The molecule has 0 aliphatic heterocycles. The lowest BCUT2D eigenvalue weighted by molar-refractivity contribution is -0.114. The molecule has 1 aromatic carbocycles. The SMILES string of the molecule is CCn1nc(C)c(NS(=O)(=O)c2ccc(NC(C)=O)cc2)c1C(N)=O.